The molecule has 160 valence electrons. The van der Waals surface area contributed by atoms with Gasteiger partial charge in [-0.2, -0.15) is 9.97 Å². The molecule has 1 aliphatic carbocycles. The van der Waals surface area contributed by atoms with Crippen LogP contribution in [0.5, 0.6) is 6.01 Å². The first-order valence-corrected chi connectivity index (χ1v) is 11.1. The fraction of sp³-hybridized carbons (Fsp3) is 0.500. The zero-order valence-electron chi connectivity index (χ0n) is 17.8. The fourth-order valence-corrected chi connectivity index (χ4v) is 4.20. The number of likely N-dealkylation sites (tertiary alicyclic amines) is 1. The molecule has 1 aliphatic heterocycles. The second kappa shape index (κ2) is 9.58. The van der Waals surface area contributed by atoms with Crippen LogP contribution in [-0.4, -0.2) is 39.7 Å². The van der Waals surface area contributed by atoms with E-state index >= 15 is 0 Å². The molecular formula is C24H32N4O2. The largest absolute Gasteiger partial charge is 0.463 e. The summed E-state index contributed by atoms with van der Waals surface area (Å²) in [7, 11) is 0. The van der Waals surface area contributed by atoms with Crippen LogP contribution in [0.25, 0.3) is 5.57 Å². The van der Waals surface area contributed by atoms with Crippen LogP contribution in [0.1, 0.15) is 67.5 Å². The number of unbranched alkanes of at least 4 members (excludes halogenated alkanes) is 1. The SMILES string of the molecule is CCCCOc1nc(N)c2c(n1)C(C(O)c1ccc(CN3CCCCC3)cc1)=CC2. The fourth-order valence-electron chi connectivity index (χ4n) is 4.20. The number of hydrogen-bond acceptors (Lipinski definition) is 6. The normalized spacial score (nSPS) is 17.5. The first kappa shape index (κ1) is 20.8. The van der Waals surface area contributed by atoms with E-state index in [0.717, 1.165) is 36.1 Å². The topological polar surface area (TPSA) is 84.5 Å². The van der Waals surface area contributed by atoms with Crippen LogP contribution in [0.15, 0.2) is 30.3 Å². The van der Waals surface area contributed by atoms with Crippen molar-refractivity contribution in [3.8, 4) is 6.01 Å². The molecule has 2 aromatic rings. The standard InChI is InChI=1S/C24H32N4O2/c1-2-3-15-30-24-26-21-19(11-12-20(21)23(25)27-24)22(29)18-9-7-17(8-10-18)16-28-13-5-4-6-14-28/h7-11,22,29H,2-6,12-16H2,1H3,(H2,25,26,27). The zero-order valence-corrected chi connectivity index (χ0v) is 17.8. The summed E-state index contributed by atoms with van der Waals surface area (Å²) in [5.74, 6) is 0.432. The Kier molecular flexibility index (Phi) is 6.65. The summed E-state index contributed by atoms with van der Waals surface area (Å²) in [5.41, 5.74) is 10.6. The summed E-state index contributed by atoms with van der Waals surface area (Å²) in [6.45, 7) is 6.00. The Bertz CT molecular complexity index is 889. The number of fused-ring (bicyclic) bond motifs is 1. The van der Waals surface area contributed by atoms with Crippen LogP contribution in [0.4, 0.5) is 5.82 Å². The molecule has 0 amide bonds. The molecule has 1 aromatic heterocycles. The number of benzene rings is 1. The molecule has 1 saturated heterocycles. The van der Waals surface area contributed by atoms with Gasteiger partial charge in [-0.15, -0.1) is 0 Å². The van der Waals surface area contributed by atoms with Gasteiger partial charge in [-0.05, 0) is 49.9 Å². The number of aromatic nitrogens is 2. The predicted molar refractivity (Wildman–Crippen MR) is 119 cm³/mol. The van der Waals surface area contributed by atoms with Gasteiger partial charge in [-0.1, -0.05) is 50.1 Å². The number of aliphatic hydroxyl groups is 1. The molecule has 2 heterocycles. The average molecular weight is 409 g/mol. The van der Waals surface area contributed by atoms with Crippen molar-refractivity contribution in [3.63, 3.8) is 0 Å². The molecule has 1 unspecified atom stereocenters. The maximum absolute atomic E-state index is 11.1. The number of ether oxygens (including phenoxy) is 1. The Hall–Kier alpha value is -2.44. The van der Waals surface area contributed by atoms with Crippen molar-refractivity contribution in [3.05, 3.63) is 52.7 Å². The molecule has 2 aliphatic rings. The molecule has 0 saturated carbocycles. The highest BCUT2D eigenvalue weighted by molar-refractivity contribution is 5.77. The van der Waals surface area contributed by atoms with Crippen molar-refractivity contribution in [2.45, 2.75) is 58.1 Å². The molecular weight excluding hydrogens is 376 g/mol. The zero-order chi connectivity index (χ0) is 20.9. The molecule has 1 aromatic carbocycles. The van der Waals surface area contributed by atoms with Crippen LogP contribution < -0.4 is 10.5 Å². The van der Waals surface area contributed by atoms with Gasteiger partial charge in [-0.25, -0.2) is 0 Å². The molecule has 0 spiro atoms. The van der Waals surface area contributed by atoms with E-state index in [0.29, 0.717) is 24.5 Å². The summed E-state index contributed by atoms with van der Waals surface area (Å²) in [4.78, 5) is 11.3. The first-order valence-electron chi connectivity index (χ1n) is 11.1. The Morgan fingerprint density at radius 2 is 1.90 bits per heavy atom. The molecule has 0 bridgehead atoms. The van der Waals surface area contributed by atoms with Gasteiger partial charge >= 0.3 is 6.01 Å². The third-order valence-electron chi connectivity index (χ3n) is 5.99. The molecule has 4 rings (SSSR count). The molecule has 6 heteroatoms. The van der Waals surface area contributed by atoms with Gasteiger partial charge in [0, 0.05) is 17.7 Å². The summed E-state index contributed by atoms with van der Waals surface area (Å²) in [6.07, 6.45) is 7.80. The van der Waals surface area contributed by atoms with E-state index < -0.39 is 6.10 Å². The lowest BCUT2D eigenvalue weighted by atomic mass is 9.99. The lowest BCUT2D eigenvalue weighted by molar-refractivity contribution is 0.220. The monoisotopic (exact) mass is 408 g/mol. The van der Waals surface area contributed by atoms with E-state index in [4.69, 9.17) is 10.5 Å². The molecule has 30 heavy (non-hydrogen) atoms. The van der Waals surface area contributed by atoms with Gasteiger partial charge < -0.3 is 15.6 Å². The highest BCUT2D eigenvalue weighted by Crippen LogP contribution is 2.38. The minimum atomic E-state index is -0.743. The van der Waals surface area contributed by atoms with Crippen LogP contribution in [-0.2, 0) is 13.0 Å². The Labute approximate surface area is 178 Å². The van der Waals surface area contributed by atoms with Crippen LogP contribution >= 0.6 is 0 Å². The third-order valence-corrected chi connectivity index (χ3v) is 5.99. The van der Waals surface area contributed by atoms with Crippen molar-refractivity contribution in [2.75, 3.05) is 25.4 Å². The van der Waals surface area contributed by atoms with Gasteiger partial charge in [0.2, 0.25) is 0 Å². The minimum absolute atomic E-state index is 0.288. The second-order valence-electron chi connectivity index (χ2n) is 8.27. The van der Waals surface area contributed by atoms with Crippen molar-refractivity contribution in [1.82, 2.24) is 14.9 Å². The number of anilines is 1. The molecule has 1 atom stereocenters. The van der Waals surface area contributed by atoms with Crippen LogP contribution in [0.2, 0.25) is 0 Å². The maximum atomic E-state index is 11.1. The summed E-state index contributed by atoms with van der Waals surface area (Å²) >= 11 is 0. The Balaban J connectivity index is 1.47. The number of nitrogens with zero attached hydrogens (tertiary/aromatic N) is 3. The predicted octanol–water partition coefficient (Wildman–Crippen LogP) is 3.90. The number of piperidine rings is 1. The van der Waals surface area contributed by atoms with E-state index in [9.17, 15) is 5.11 Å². The van der Waals surface area contributed by atoms with Crippen molar-refractivity contribution in [2.24, 2.45) is 0 Å². The summed E-state index contributed by atoms with van der Waals surface area (Å²) in [6, 6.07) is 8.57. The van der Waals surface area contributed by atoms with Gasteiger partial charge in [0.05, 0.1) is 12.3 Å². The maximum Gasteiger partial charge on any atom is 0.318 e. The van der Waals surface area contributed by atoms with Crippen molar-refractivity contribution < 1.29 is 9.84 Å². The lowest BCUT2D eigenvalue weighted by Crippen LogP contribution is -2.29. The van der Waals surface area contributed by atoms with Gasteiger partial charge in [0.1, 0.15) is 11.9 Å². The minimum Gasteiger partial charge on any atom is -0.463 e. The molecule has 6 nitrogen and oxygen atoms in total. The quantitative estimate of drug-likeness (QED) is 0.645. The van der Waals surface area contributed by atoms with Crippen molar-refractivity contribution in [1.29, 1.82) is 0 Å². The summed E-state index contributed by atoms with van der Waals surface area (Å²) < 4.78 is 5.66. The van der Waals surface area contributed by atoms with Crippen LogP contribution in [0, 0.1) is 0 Å². The van der Waals surface area contributed by atoms with E-state index in [1.54, 1.807) is 0 Å². The van der Waals surface area contributed by atoms with Crippen molar-refractivity contribution >= 4 is 11.4 Å². The average Bonchev–Trinajstić information content (AvgIpc) is 3.19. The second-order valence-corrected chi connectivity index (χ2v) is 8.27. The first-order chi connectivity index (χ1) is 14.7. The van der Waals surface area contributed by atoms with Gasteiger partial charge in [-0.3, -0.25) is 4.90 Å². The van der Waals surface area contributed by atoms with E-state index in [2.05, 4.69) is 33.9 Å². The third kappa shape index (κ3) is 4.65. The number of hydrogen-bond donors (Lipinski definition) is 2. The molecule has 1 fully saturated rings. The lowest BCUT2D eigenvalue weighted by Gasteiger charge is -2.26. The summed E-state index contributed by atoms with van der Waals surface area (Å²) in [5, 5.41) is 11.1. The van der Waals surface area contributed by atoms with Crippen LogP contribution in [0.3, 0.4) is 0 Å². The van der Waals surface area contributed by atoms with E-state index in [-0.39, 0.29) is 6.01 Å². The van der Waals surface area contributed by atoms with E-state index in [1.165, 1.54) is 37.9 Å². The number of aliphatic hydroxyl groups excluding tert-OH is 1. The number of allylic oxidation sites excluding steroid dienone is 1. The number of nitrogens with two attached hydrogens (primary N) is 1. The molecule has 3 N–H and O–H groups in total. The van der Waals surface area contributed by atoms with E-state index in [1.807, 2.05) is 18.2 Å². The van der Waals surface area contributed by atoms with Gasteiger partial charge in [0.15, 0.2) is 0 Å². The Morgan fingerprint density at radius 3 is 2.63 bits per heavy atom. The van der Waals surface area contributed by atoms with Gasteiger partial charge in [0.25, 0.3) is 0 Å². The Morgan fingerprint density at radius 1 is 1.13 bits per heavy atom. The highest BCUT2D eigenvalue weighted by atomic mass is 16.5. The number of rotatable bonds is 8. The smallest absolute Gasteiger partial charge is 0.318 e. The highest BCUT2D eigenvalue weighted by Gasteiger charge is 2.26. The number of nitrogen functional groups attached to an aromatic ring is 1. The molecule has 0 radical (unpaired) electrons.